The highest BCUT2D eigenvalue weighted by Crippen LogP contribution is 2.24. The minimum atomic E-state index is 0.605. The number of hydrogen-bond donors (Lipinski definition) is 1. The molecule has 0 unspecified atom stereocenters. The Morgan fingerprint density at radius 3 is 2.88 bits per heavy atom. The van der Waals surface area contributed by atoms with Crippen molar-refractivity contribution in [3.05, 3.63) is 23.8 Å². The first-order valence-electron chi connectivity index (χ1n) is 5.82. The van der Waals surface area contributed by atoms with Crippen molar-refractivity contribution < 1.29 is 9.47 Å². The van der Waals surface area contributed by atoms with Gasteiger partial charge < -0.3 is 15.2 Å². The third-order valence-electron chi connectivity index (χ3n) is 2.98. The molecule has 2 rings (SSSR count). The molecule has 1 aromatic rings. The molecule has 0 spiro atoms. The summed E-state index contributed by atoms with van der Waals surface area (Å²) in [7, 11) is 0. The van der Waals surface area contributed by atoms with Crippen LogP contribution in [0.2, 0.25) is 0 Å². The van der Waals surface area contributed by atoms with Crippen molar-refractivity contribution in [1.82, 2.24) is 0 Å². The van der Waals surface area contributed by atoms with Gasteiger partial charge >= 0.3 is 0 Å². The first-order chi connectivity index (χ1) is 7.75. The Kier molecular flexibility index (Phi) is 3.67. The second-order valence-corrected chi connectivity index (χ2v) is 4.41. The van der Waals surface area contributed by atoms with E-state index in [1.807, 2.05) is 25.1 Å². The van der Waals surface area contributed by atoms with Crippen molar-refractivity contribution in [2.45, 2.75) is 19.8 Å². The summed E-state index contributed by atoms with van der Waals surface area (Å²) < 4.78 is 11.1. The fourth-order valence-corrected chi connectivity index (χ4v) is 1.89. The topological polar surface area (TPSA) is 44.5 Å². The lowest BCUT2D eigenvalue weighted by Crippen LogP contribution is -2.21. The highest BCUT2D eigenvalue weighted by Gasteiger charge is 2.14. The van der Waals surface area contributed by atoms with Crippen molar-refractivity contribution in [1.29, 1.82) is 0 Å². The van der Waals surface area contributed by atoms with Crippen LogP contribution >= 0.6 is 0 Å². The van der Waals surface area contributed by atoms with Gasteiger partial charge in [-0.25, -0.2) is 0 Å². The normalized spacial score (nSPS) is 17.3. The van der Waals surface area contributed by atoms with Crippen molar-refractivity contribution in [3.8, 4) is 5.75 Å². The molecule has 0 aromatic heterocycles. The number of hydrogen-bond acceptors (Lipinski definition) is 3. The molecule has 16 heavy (non-hydrogen) atoms. The van der Waals surface area contributed by atoms with E-state index in [0.29, 0.717) is 5.92 Å². The molecular weight excluding hydrogens is 202 g/mol. The summed E-state index contributed by atoms with van der Waals surface area (Å²) in [4.78, 5) is 0. The van der Waals surface area contributed by atoms with Crippen LogP contribution < -0.4 is 10.5 Å². The lowest BCUT2D eigenvalue weighted by molar-refractivity contribution is 0.0498. The Morgan fingerprint density at radius 2 is 2.12 bits per heavy atom. The lowest BCUT2D eigenvalue weighted by Gasteiger charge is -2.22. The van der Waals surface area contributed by atoms with Gasteiger partial charge in [-0.2, -0.15) is 0 Å². The van der Waals surface area contributed by atoms with E-state index in [2.05, 4.69) is 0 Å². The fourth-order valence-electron chi connectivity index (χ4n) is 1.89. The third-order valence-corrected chi connectivity index (χ3v) is 2.98. The number of nitrogen functional groups attached to an aromatic ring is 1. The van der Waals surface area contributed by atoms with Gasteiger partial charge in [0.1, 0.15) is 5.75 Å². The van der Waals surface area contributed by atoms with Crippen LogP contribution in [0.25, 0.3) is 0 Å². The summed E-state index contributed by atoms with van der Waals surface area (Å²) in [6, 6.07) is 5.89. The van der Waals surface area contributed by atoms with Gasteiger partial charge in [-0.1, -0.05) is 6.07 Å². The predicted molar refractivity (Wildman–Crippen MR) is 64.6 cm³/mol. The number of benzene rings is 1. The smallest absolute Gasteiger partial charge is 0.142 e. The highest BCUT2D eigenvalue weighted by atomic mass is 16.5. The van der Waals surface area contributed by atoms with Gasteiger partial charge in [-0.15, -0.1) is 0 Å². The maximum absolute atomic E-state index is 5.86. The van der Waals surface area contributed by atoms with Crippen molar-refractivity contribution in [2.75, 3.05) is 25.6 Å². The van der Waals surface area contributed by atoms with Gasteiger partial charge in [-0.3, -0.25) is 0 Å². The summed E-state index contributed by atoms with van der Waals surface area (Å²) in [5, 5.41) is 0. The zero-order chi connectivity index (χ0) is 11.4. The largest absolute Gasteiger partial charge is 0.491 e. The quantitative estimate of drug-likeness (QED) is 0.797. The van der Waals surface area contributed by atoms with Crippen LogP contribution in [0.1, 0.15) is 18.4 Å². The molecule has 88 valence electrons. The number of aryl methyl sites for hydroxylation is 1. The van der Waals surface area contributed by atoms with E-state index in [4.69, 9.17) is 15.2 Å². The van der Waals surface area contributed by atoms with Crippen LogP contribution in [0.5, 0.6) is 5.75 Å². The van der Waals surface area contributed by atoms with E-state index >= 15 is 0 Å². The Morgan fingerprint density at radius 1 is 1.38 bits per heavy atom. The predicted octanol–water partition coefficient (Wildman–Crippen LogP) is 2.38. The molecular formula is C13H19NO2. The Balaban J connectivity index is 1.90. The minimum Gasteiger partial charge on any atom is -0.491 e. The third kappa shape index (κ3) is 2.89. The Labute approximate surface area is 96.5 Å². The van der Waals surface area contributed by atoms with E-state index in [9.17, 15) is 0 Å². The van der Waals surface area contributed by atoms with Crippen molar-refractivity contribution in [3.63, 3.8) is 0 Å². The lowest BCUT2D eigenvalue weighted by atomic mass is 10.0. The molecule has 1 heterocycles. The number of nitrogens with two attached hydrogens (primary N) is 1. The average Bonchev–Trinajstić information content (AvgIpc) is 2.32. The molecule has 1 fully saturated rings. The molecule has 3 heteroatoms. The molecule has 0 bridgehead atoms. The molecule has 0 atom stereocenters. The zero-order valence-corrected chi connectivity index (χ0v) is 9.74. The second-order valence-electron chi connectivity index (χ2n) is 4.41. The fraction of sp³-hybridized carbons (Fsp3) is 0.538. The zero-order valence-electron chi connectivity index (χ0n) is 9.74. The van der Waals surface area contributed by atoms with Crippen molar-refractivity contribution >= 4 is 5.69 Å². The molecule has 2 N–H and O–H groups in total. The first kappa shape index (κ1) is 11.3. The van der Waals surface area contributed by atoms with Crippen LogP contribution in [-0.4, -0.2) is 19.8 Å². The Hall–Kier alpha value is -1.22. The van der Waals surface area contributed by atoms with Gasteiger partial charge in [0.2, 0.25) is 0 Å². The highest BCUT2D eigenvalue weighted by molar-refractivity contribution is 5.53. The van der Waals surface area contributed by atoms with E-state index in [-0.39, 0.29) is 0 Å². The minimum absolute atomic E-state index is 0.605. The molecule has 1 aliphatic heterocycles. The molecule has 0 amide bonds. The summed E-state index contributed by atoms with van der Waals surface area (Å²) >= 11 is 0. The summed E-state index contributed by atoms with van der Waals surface area (Å²) in [6.45, 7) is 4.51. The van der Waals surface area contributed by atoms with Crippen LogP contribution in [0.3, 0.4) is 0 Å². The molecule has 0 aliphatic carbocycles. The molecule has 1 aliphatic rings. The van der Waals surface area contributed by atoms with Gasteiger partial charge in [-0.05, 0) is 43.4 Å². The van der Waals surface area contributed by atoms with Crippen LogP contribution in [0, 0.1) is 12.8 Å². The van der Waals surface area contributed by atoms with Crippen molar-refractivity contribution in [2.24, 2.45) is 5.92 Å². The Bertz CT molecular complexity index is 346. The molecule has 1 aromatic carbocycles. The molecule has 0 radical (unpaired) electrons. The standard InChI is InChI=1S/C13H19NO2/c1-10-2-3-12(14)13(8-10)16-9-11-4-6-15-7-5-11/h2-3,8,11H,4-7,9,14H2,1H3. The maximum Gasteiger partial charge on any atom is 0.142 e. The van der Waals surface area contributed by atoms with Gasteiger partial charge in [0.05, 0.1) is 12.3 Å². The molecule has 0 saturated carbocycles. The number of anilines is 1. The number of ether oxygens (including phenoxy) is 2. The van der Waals surface area contributed by atoms with E-state index in [0.717, 1.165) is 44.1 Å². The number of rotatable bonds is 3. The molecule has 1 saturated heterocycles. The second kappa shape index (κ2) is 5.21. The van der Waals surface area contributed by atoms with Gasteiger partial charge in [0, 0.05) is 13.2 Å². The van der Waals surface area contributed by atoms with Gasteiger partial charge in [0.25, 0.3) is 0 Å². The monoisotopic (exact) mass is 221 g/mol. The van der Waals surface area contributed by atoms with Crippen LogP contribution in [-0.2, 0) is 4.74 Å². The van der Waals surface area contributed by atoms with E-state index in [1.54, 1.807) is 0 Å². The maximum atomic E-state index is 5.86. The summed E-state index contributed by atoms with van der Waals surface area (Å²) in [5.41, 5.74) is 7.75. The van der Waals surface area contributed by atoms with Crippen LogP contribution in [0.15, 0.2) is 18.2 Å². The SMILES string of the molecule is Cc1ccc(N)c(OCC2CCOCC2)c1. The van der Waals surface area contributed by atoms with Gasteiger partial charge in [0.15, 0.2) is 0 Å². The average molecular weight is 221 g/mol. The molecule has 3 nitrogen and oxygen atoms in total. The summed E-state index contributed by atoms with van der Waals surface area (Å²) in [6.07, 6.45) is 2.18. The van der Waals surface area contributed by atoms with E-state index in [1.165, 1.54) is 5.56 Å². The van der Waals surface area contributed by atoms with Crippen LogP contribution in [0.4, 0.5) is 5.69 Å². The summed E-state index contributed by atoms with van der Waals surface area (Å²) in [5.74, 6) is 1.42. The van der Waals surface area contributed by atoms with E-state index < -0.39 is 0 Å². The first-order valence-corrected chi connectivity index (χ1v) is 5.82.